The average Bonchev–Trinajstić information content (AvgIpc) is 2.28. The summed E-state index contributed by atoms with van der Waals surface area (Å²) in [6.45, 7) is 2.97. The fourth-order valence-electron chi connectivity index (χ4n) is 1.19. The Morgan fingerprint density at radius 2 is 1.94 bits per heavy atom. The molecule has 0 aromatic heterocycles. The predicted octanol–water partition coefficient (Wildman–Crippen LogP) is 1.25. The Balaban J connectivity index is 2.72. The number of carbonyl (C=O) groups is 1. The number of benzene rings is 1. The van der Waals surface area contributed by atoms with Crippen LogP contribution in [0.5, 0.6) is 0 Å². The van der Waals surface area contributed by atoms with Crippen molar-refractivity contribution >= 4 is 11.5 Å². The van der Waals surface area contributed by atoms with Gasteiger partial charge in [-0.2, -0.15) is 0 Å². The lowest BCUT2D eigenvalue weighted by molar-refractivity contribution is -0.384. The van der Waals surface area contributed by atoms with E-state index < -0.39 is 17.3 Å². The maximum absolute atomic E-state index is 11.0. The van der Waals surface area contributed by atoms with Gasteiger partial charge in [0.05, 0.1) is 4.92 Å². The number of rotatable bonds is 5. The molecule has 0 atom stereocenters. The third-order valence-electron chi connectivity index (χ3n) is 2.10. The number of carbonyl (C=O) groups excluding carboxylic acids is 1. The molecule has 5 heteroatoms. The van der Waals surface area contributed by atoms with Gasteiger partial charge in [0, 0.05) is 18.6 Å². The minimum atomic E-state index is -0.564. The first-order valence-corrected chi connectivity index (χ1v) is 4.59. The number of nitro benzene ring substituents is 1. The first-order chi connectivity index (χ1) is 7.54. The van der Waals surface area contributed by atoms with Crippen molar-refractivity contribution in [3.05, 3.63) is 52.1 Å². The molecule has 84 valence electrons. The standard InChI is InChI=1S/C11H11NO4/c1-8(11(14)7-13)6-9-2-4-10(5-3-9)12(15)16/h2-5,13H,1,6-7H2. The molecule has 0 bridgehead atoms. The van der Waals surface area contributed by atoms with Crippen LogP contribution in [0.25, 0.3) is 0 Å². The smallest absolute Gasteiger partial charge is 0.269 e. The van der Waals surface area contributed by atoms with Gasteiger partial charge in [0.25, 0.3) is 5.69 Å². The second kappa shape index (κ2) is 5.18. The first-order valence-electron chi connectivity index (χ1n) is 4.59. The van der Waals surface area contributed by atoms with Crippen molar-refractivity contribution in [1.82, 2.24) is 0 Å². The monoisotopic (exact) mass is 221 g/mol. The van der Waals surface area contributed by atoms with E-state index in [0.717, 1.165) is 5.56 Å². The number of nitrogens with zero attached hydrogens (tertiary/aromatic N) is 1. The van der Waals surface area contributed by atoms with Crippen LogP contribution in [0.1, 0.15) is 5.56 Å². The first kappa shape index (κ1) is 12.1. The number of hydrogen-bond donors (Lipinski definition) is 1. The zero-order chi connectivity index (χ0) is 12.1. The van der Waals surface area contributed by atoms with Crippen LogP contribution >= 0.6 is 0 Å². The van der Waals surface area contributed by atoms with Gasteiger partial charge in [0.15, 0.2) is 5.78 Å². The van der Waals surface area contributed by atoms with Crippen molar-refractivity contribution in [3.8, 4) is 0 Å². The molecule has 0 aliphatic carbocycles. The maximum atomic E-state index is 11.0. The second-order valence-electron chi connectivity index (χ2n) is 3.29. The van der Waals surface area contributed by atoms with E-state index in [9.17, 15) is 14.9 Å². The molecule has 0 amide bonds. The molecule has 0 saturated carbocycles. The Kier molecular flexibility index (Phi) is 3.90. The highest BCUT2D eigenvalue weighted by atomic mass is 16.6. The van der Waals surface area contributed by atoms with Gasteiger partial charge in [0.1, 0.15) is 6.61 Å². The second-order valence-corrected chi connectivity index (χ2v) is 3.29. The Hall–Kier alpha value is -2.01. The predicted molar refractivity (Wildman–Crippen MR) is 58.0 cm³/mol. The fourth-order valence-corrected chi connectivity index (χ4v) is 1.19. The van der Waals surface area contributed by atoms with Crippen molar-refractivity contribution in [2.75, 3.05) is 6.61 Å². The van der Waals surface area contributed by atoms with E-state index >= 15 is 0 Å². The largest absolute Gasteiger partial charge is 0.388 e. The maximum Gasteiger partial charge on any atom is 0.269 e. The van der Waals surface area contributed by atoms with Gasteiger partial charge >= 0.3 is 0 Å². The summed E-state index contributed by atoms with van der Waals surface area (Å²) in [7, 11) is 0. The normalized spacial score (nSPS) is 9.81. The number of non-ortho nitro benzene ring substituents is 1. The van der Waals surface area contributed by atoms with E-state index in [-0.39, 0.29) is 17.7 Å². The van der Waals surface area contributed by atoms with E-state index in [1.54, 1.807) is 12.1 Å². The van der Waals surface area contributed by atoms with Crippen LogP contribution in [-0.2, 0) is 11.2 Å². The van der Waals surface area contributed by atoms with Crippen LogP contribution in [0.15, 0.2) is 36.4 Å². The van der Waals surface area contributed by atoms with E-state index in [2.05, 4.69) is 6.58 Å². The van der Waals surface area contributed by atoms with Crippen LogP contribution in [0, 0.1) is 10.1 Å². The number of Topliss-reactive ketones (excluding diaryl/α,β-unsaturated/α-hetero) is 1. The molecule has 0 fully saturated rings. The summed E-state index contributed by atoms with van der Waals surface area (Å²) in [6.07, 6.45) is 0.289. The lowest BCUT2D eigenvalue weighted by Gasteiger charge is -2.02. The summed E-state index contributed by atoms with van der Waals surface area (Å²) in [5, 5.41) is 19.0. The molecule has 0 unspecified atom stereocenters. The van der Waals surface area contributed by atoms with Gasteiger partial charge in [-0.25, -0.2) is 0 Å². The van der Waals surface area contributed by atoms with E-state index in [0.29, 0.717) is 0 Å². The third-order valence-corrected chi connectivity index (χ3v) is 2.10. The molecular formula is C11H11NO4. The quantitative estimate of drug-likeness (QED) is 0.461. The molecule has 0 radical (unpaired) electrons. The Morgan fingerprint density at radius 1 is 1.38 bits per heavy atom. The third kappa shape index (κ3) is 2.99. The molecular weight excluding hydrogens is 210 g/mol. The highest BCUT2D eigenvalue weighted by Gasteiger charge is 2.08. The number of ketones is 1. The van der Waals surface area contributed by atoms with Crippen molar-refractivity contribution in [2.45, 2.75) is 6.42 Å². The molecule has 1 rings (SSSR count). The van der Waals surface area contributed by atoms with Crippen molar-refractivity contribution < 1.29 is 14.8 Å². The molecule has 0 heterocycles. The lowest BCUT2D eigenvalue weighted by Crippen LogP contribution is -2.08. The number of aliphatic hydroxyl groups excluding tert-OH is 1. The fraction of sp³-hybridized carbons (Fsp3) is 0.182. The Morgan fingerprint density at radius 3 is 2.38 bits per heavy atom. The molecule has 1 aromatic carbocycles. The van der Waals surface area contributed by atoms with Gasteiger partial charge in [-0.3, -0.25) is 14.9 Å². The molecule has 0 aliphatic rings. The summed E-state index contributed by atoms with van der Waals surface area (Å²) in [5.74, 6) is -0.418. The van der Waals surface area contributed by atoms with Crippen LogP contribution in [0.4, 0.5) is 5.69 Å². The van der Waals surface area contributed by atoms with E-state index in [1.165, 1.54) is 12.1 Å². The van der Waals surface area contributed by atoms with Crippen molar-refractivity contribution in [2.24, 2.45) is 0 Å². The minimum absolute atomic E-state index is 0.00264. The Bertz CT molecular complexity index is 422. The molecule has 0 aliphatic heterocycles. The SMILES string of the molecule is C=C(Cc1ccc([N+](=O)[O-])cc1)C(=O)CO. The zero-order valence-electron chi connectivity index (χ0n) is 8.55. The molecule has 1 aromatic rings. The highest BCUT2D eigenvalue weighted by molar-refractivity contribution is 5.95. The minimum Gasteiger partial charge on any atom is -0.388 e. The Labute approximate surface area is 92.2 Å². The van der Waals surface area contributed by atoms with Gasteiger partial charge in [-0.15, -0.1) is 0 Å². The van der Waals surface area contributed by atoms with Gasteiger partial charge in [-0.05, 0) is 11.1 Å². The summed E-state index contributed by atoms with van der Waals surface area (Å²) in [6, 6.07) is 5.86. The molecule has 0 spiro atoms. The van der Waals surface area contributed by atoms with Crippen LogP contribution in [-0.4, -0.2) is 22.4 Å². The molecule has 1 N–H and O–H groups in total. The number of hydrogen-bond acceptors (Lipinski definition) is 4. The zero-order valence-corrected chi connectivity index (χ0v) is 8.55. The number of aliphatic hydroxyl groups is 1. The van der Waals surface area contributed by atoms with E-state index in [4.69, 9.17) is 5.11 Å². The van der Waals surface area contributed by atoms with E-state index in [1.807, 2.05) is 0 Å². The highest BCUT2D eigenvalue weighted by Crippen LogP contribution is 2.14. The van der Waals surface area contributed by atoms with Crippen LogP contribution in [0.3, 0.4) is 0 Å². The topological polar surface area (TPSA) is 80.4 Å². The van der Waals surface area contributed by atoms with Crippen molar-refractivity contribution in [3.63, 3.8) is 0 Å². The van der Waals surface area contributed by atoms with Crippen molar-refractivity contribution in [1.29, 1.82) is 0 Å². The summed E-state index contributed by atoms with van der Waals surface area (Å²) >= 11 is 0. The average molecular weight is 221 g/mol. The van der Waals surface area contributed by atoms with Gasteiger partial charge in [0.2, 0.25) is 0 Å². The molecule has 5 nitrogen and oxygen atoms in total. The summed E-state index contributed by atoms with van der Waals surface area (Å²) in [4.78, 5) is 20.9. The number of nitro groups is 1. The lowest BCUT2D eigenvalue weighted by atomic mass is 10.0. The summed E-state index contributed by atoms with van der Waals surface area (Å²) < 4.78 is 0. The van der Waals surface area contributed by atoms with Gasteiger partial charge in [-0.1, -0.05) is 18.7 Å². The van der Waals surface area contributed by atoms with Crippen LogP contribution < -0.4 is 0 Å². The molecule has 16 heavy (non-hydrogen) atoms. The molecule has 0 saturated heterocycles. The summed E-state index contributed by atoms with van der Waals surface area (Å²) in [5.41, 5.74) is 1.04. The van der Waals surface area contributed by atoms with Crippen LogP contribution in [0.2, 0.25) is 0 Å². The van der Waals surface area contributed by atoms with Gasteiger partial charge < -0.3 is 5.11 Å².